The van der Waals surface area contributed by atoms with E-state index < -0.39 is 0 Å². The van der Waals surface area contributed by atoms with Crippen molar-refractivity contribution < 1.29 is 4.74 Å². The van der Waals surface area contributed by atoms with E-state index in [1.54, 1.807) is 19.4 Å². The minimum atomic E-state index is 0.599. The van der Waals surface area contributed by atoms with Crippen LogP contribution in [0.15, 0.2) is 24.4 Å². The van der Waals surface area contributed by atoms with Crippen LogP contribution < -0.4 is 10.1 Å². The molecule has 2 aromatic heterocycles. The third-order valence-electron chi connectivity index (χ3n) is 2.04. The lowest BCUT2D eigenvalue weighted by molar-refractivity contribution is 0.399. The predicted octanol–water partition coefficient (Wildman–Crippen LogP) is 1.68. The van der Waals surface area contributed by atoms with Gasteiger partial charge < -0.3 is 10.1 Å². The summed E-state index contributed by atoms with van der Waals surface area (Å²) in [5.74, 6) is 0.599. The van der Waals surface area contributed by atoms with Crippen LogP contribution in [0.5, 0.6) is 5.88 Å². The highest BCUT2D eigenvalue weighted by Crippen LogP contribution is 2.21. The van der Waals surface area contributed by atoms with E-state index in [2.05, 4.69) is 15.3 Å². The second-order valence-electron chi connectivity index (χ2n) is 2.83. The second kappa shape index (κ2) is 3.49. The van der Waals surface area contributed by atoms with E-state index in [4.69, 9.17) is 4.74 Å². The SMILES string of the molecule is CNc1ccnc2ccc(OC)nc12. The molecule has 0 unspecified atom stereocenters. The average Bonchev–Trinajstić information content (AvgIpc) is 2.27. The normalized spacial score (nSPS) is 10.1. The Bertz CT molecular complexity index is 456. The molecule has 0 radical (unpaired) electrons. The number of rotatable bonds is 2. The van der Waals surface area contributed by atoms with Crippen molar-refractivity contribution in [3.8, 4) is 5.88 Å². The van der Waals surface area contributed by atoms with Gasteiger partial charge in [-0.25, -0.2) is 4.98 Å². The molecule has 0 spiro atoms. The zero-order valence-corrected chi connectivity index (χ0v) is 8.11. The Labute approximate surface area is 81.9 Å². The Kier molecular flexibility index (Phi) is 2.18. The van der Waals surface area contributed by atoms with Gasteiger partial charge in [0.2, 0.25) is 5.88 Å². The van der Waals surface area contributed by atoms with Crippen molar-refractivity contribution in [3.63, 3.8) is 0 Å². The van der Waals surface area contributed by atoms with Gasteiger partial charge >= 0.3 is 0 Å². The zero-order valence-electron chi connectivity index (χ0n) is 8.11. The highest BCUT2D eigenvalue weighted by molar-refractivity contribution is 5.87. The molecule has 0 bridgehead atoms. The number of aromatic nitrogens is 2. The van der Waals surface area contributed by atoms with E-state index >= 15 is 0 Å². The number of anilines is 1. The summed E-state index contributed by atoms with van der Waals surface area (Å²) >= 11 is 0. The first-order valence-corrected chi connectivity index (χ1v) is 4.32. The van der Waals surface area contributed by atoms with Crippen LogP contribution in [0.1, 0.15) is 0 Å². The van der Waals surface area contributed by atoms with Crippen molar-refractivity contribution >= 4 is 16.7 Å². The zero-order chi connectivity index (χ0) is 9.97. The third-order valence-corrected chi connectivity index (χ3v) is 2.04. The quantitative estimate of drug-likeness (QED) is 0.780. The number of fused-ring (bicyclic) bond motifs is 1. The molecular weight excluding hydrogens is 178 g/mol. The van der Waals surface area contributed by atoms with E-state index in [1.165, 1.54) is 0 Å². The summed E-state index contributed by atoms with van der Waals surface area (Å²) in [7, 11) is 3.46. The molecule has 72 valence electrons. The molecule has 0 aliphatic heterocycles. The molecule has 2 rings (SSSR count). The fraction of sp³-hybridized carbons (Fsp3) is 0.200. The summed E-state index contributed by atoms with van der Waals surface area (Å²) in [6.45, 7) is 0. The molecule has 4 heteroatoms. The molecule has 2 aromatic rings. The Morgan fingerprint density at radius 1 is 1.29 bits per heavy atom. The van der Waals surface area contributed by atoms with Gasteiger partial charge in [0.25, 0.3) is 0 Å². The predicted molar refractivity (Wildman–Crippen MR) is 55.6 cm³/mol. The Morgan fingerprint density at radius 3 is 2.86 bits per heavy atom. The fourth-order valence-electron chi connectivity index (χ4n) is 1.32. The first-order chi connectivity index (χ1) is 6.85. The lowest BCUT2D eigenvalue weighted by Crippen LogP contribution is -1.94. The van der Waals surface area contributed by atoms with Crippen LogP contribution in [0, 0.1) is 0 Å². The number of pyridine rings is 2. The molecule has 0 saturated heterocycles. The largest absolute Gasteiger partial charge is 0.481 e. The van der Waals surface area contributed by atoms with E-state index in [9.17, 15) is 0 Å². The van der Waals surface area contributed by atoms with Gasteiger partial charge in [0.15, 0.2) is 0 Å². The highest BCUT2D eigenvalue weighted by atomic mass is 16.5. The van der Waals surface area contributed by atoms with Crippen molar-refractivity contribution in [1.29, 1.82) is 0 Å². The number of nitrogens with zero attached hydrogens (tertiary/aromatic N) is 2. The van der Waals surface area contributed by atoms with E-state index in [-0.39, 0.29) is 0 Å². The summed E-state index contributed by atoms with van der Waals surface area (Å²) in [6, 6.07) is 5.57. The molecule has 0 aliphatic carbocycles. The van der Waals surface area contributed by atoms with Crippen LogP contribution >= 0.6 is 0 Å². The number of nitrogens with one attached hydrogen (secondary N) is 1. The van der Waals surface area contributed by atoms with Gasteiger partial charge in [-0.2, -0.15) is 0 Å². The van der Waals surface area contributed by atoms with Gasteiger partial charge in [-0.1, -0.05) is 0 Å². The summed E-state index contributed by atoms with van der Waals surface area (Å²) in [4.78, 5) is 8.52. The number of hydrogen-bond acceptors (Lipinski definition) is 4. The maximum absolute atomic E-state index is 5.06. The molecule has 0 atom stereocenters. The Morgan fingerprint density at radius 2 is 2.14 bits per heavy atom. The molecule has 1 N–H and O–H groups in total. The monoisotopic (exact) mass is 189 g/mol. The summed E-state index contributed by atoms with van der Waals surface area (Å²) in [5.41, 5.74) is 2.64. The van der Waals surface area contributed by atoms with Crippen LogP contribution in [-0.2, 0) is 0 Å². The number of methoxy groups -OCH3 is 1. The Hall–Kier alpha value is -1.84. The van der Waals surface area contributed by atoms with E-state index in [0.29, 0.717) is 5.88 Å². The van der Waals surface area contributed by atoms with Crippen molar-refractivity contribution in [2.75, 3.05) is 19.5 Å². The lowest BCUT2D eigenvalue weighted by atomic mass is 10.3. The topological polar surface area (TPSA) is 47.0 Å². The smallest absolute Gasteiger partial charge is 0.213 e. The van der Waals surface area contributed by atoms with E-state index in [0.717, 1.165) is 16.7 Å². The molecule has 0 fully saturated rings. The number of hydrogen-bond donors (Lipinski definition) is 1. The maximum atomic E-state index is 5.06. The van der Waals surface area contributed by atoms with Gasteiger partial charge in [-0.3, -0.25) is 4.98 Å². The van der Waals surface area contributed by atoms with Crippen LogP contribution in [0.4, 0.5) is 5.69 Å². The molecule has 0 aliphatic rings. The van der Waals surface area contributed by atoms with Crippen molar-refractivity contribution in [2.45, 2.75) is 0 Å². The van der Waals surface area contributed by atoms with Gasteiger partial charge in [0, 0.05) is 19.3 Å². The summed E-state index contributed by atoms with van der Waals surface area (Å²) in [6.07, 6.45) is 1.75. The van der Waals surface area contributed by atoms with Crippen LogP contribution in [0.2, 0.25) is 0 Å². The van der Waals surface area contributed by atoms with Gasteiger partial charge in [-0.05, 0) is 12.1 Å². The second-order valence-corrected chi connectivity index (χ2v) is 2.83. The Balaban J connectivity index is 2.70. The molecule has 0 aromatic carbocycles. The molecule has 0 saturated carbocycles. The molecule has 0 amide bonds. The first-order valence-electron chi connectivity index (χ1n) is 4.32. The maximum Gasteiger partial charge on any atom is 0.213 e. The summed E-state index contributed by atoms with van der Waals surface area (Å²) in [5, 5.41) is 3.06. The highest BCUT2D eigenvalue weighted by Gasteiger charge is 2.02. The molecular formula is C10H11N3O. The lowest BCUT2D eigenvalue weighted by Gasteiger charge is -2.05. The van der Waals surface area contributed by atoms with Gasteiger partial charge in [0.1, 0.15) is 5.52 Å². The van der Waals surface area contributed by atoms with Gasteiger partial charge in [-0.15, -0.1) is 0 Å². The first kappa shape index (κ1) is 8.74. The minimum Gasteiger partial charge on any atom is -0.481 e. The van der Waals surface area contributed by atoms with Crippen molar-refractivity contribution in [1.82, 2.24) is 9.97 Å². The third kappa shape index (κ3) is 1.35. The van der Waals surface area contributed by atoms with Crippen molar-refractivity contribution in [2.24, 2.45) is 0 Å². The molecule has 2 heterocycles. The molecule has 14 heavy (non-hydrogen) atoms. The molecule has 4 nitrogen and oxygen atoms in total. The van der Waals surface area contributed by atoms with Gasteiger partial charge in [0.05, 0.1) is 18.3 Å². The fourth-order valence-corrected chi connectivity index (χ4v) is 1.32. The average molecular weight is 189 g/mol. The minimum absolute atomic E-state index is 0.599. The number of ether oxygens (including phenoxy) is 1. The summed E-state index contributed by atoms with van der Waals surface area (Å²) < 4.78 is 5.06. The van der Waals surface area contributed by atoms with Crippen LogP contribution in [0.25, 0.3) is 11.0 Å². The van der Waals surface area contributed by atoms with E-state index in [1.807, 2.05) is 19.2 Å². The van der Waals surface area contributed by atoms with Crippen LogP contribution in [-0.4, -0.2) is 24.1 Å². The van der Waals surface area contributed by atoms with Crippen molar-refractivity contribution in [3.05, 3.63) is 24.4 Å². The standard InChI is InChI=1S/C10H11N3O/c1-11-7-5-6-12-8-3-4-9(14-2)13-10(7)8/h3-6H,1-2H3,(H,11,12). The van der Waals surface area contributed by atoms with Crippen LogP contribution in [0.3, 0.4) is 0 Å².